The number of nitrogens with zero attached hydrogens (tertiary/aromatic N) is 1. The van der Waals surface area contributed by atoms with Crippen molar-refractivity contribution < 1.29 is 4.79 Å². The lowest BCUT2D eigenvalue weighted by atomic mass is 10.0. The molecule has 3 rings (SSSR count). The number of carbonyl (C=O) groups excluding carboxylic acids is 1. The van der Waals surface area contributed by atoms with E-state index in [0.717, 1.165) is 19.5 Å². The van der Waals surface area contributed by atoms with Gasteiger partial charge < -0.3 is 9.88 Å². The molecule has 0 atom stereocenters. The van der Waals surface area contributed by atoms with Crippen molar-refractivity contribution in [3.63, 3.8) is 0 Å². The summed E-state index contributed by atoms with van der Waals surface area (Å²) in [5.74, 6) is 0.711. The molecular formula is C16H20N2O. The third kappa shape index (κ3) is 2.25. The molecule has 19 heavy (non-hydrogen) atoms. The molecular weight excluding hydrogens is 236 g/mol. The zero-order valence-electron chi connectivity index (χ0n) is 11.6. The van der Waals surface area contributed by atoms with Crippen LogP contribution in [0.2, 0.25) is 0 Å². The number of fused-ring (bicyclic) bond motifs is 3. The summed E-state index contributed by atoms with van der Waals surface area (Å²) in [7, 11) is 0. The van der Waals surface area contributed by atoms with Crippen molar-refractivity contribution in [2.75, 3.05) is 6.54 Å². The van der Waals surface area contributed by atoms with Crippen LogP contribution < -0.4 is 0 Å². The van der Waals surface area contributed by atoms with Gasteiger partial charge in [-0.3, -0.25) is 4.79 Å². The van der Waals surface area contributed by atoms with Crippen molar-refractivity contribution in [1.82, 2.24) is 9.88 Å². The van der Waals surface area contributed by atoms with Crippen LogP contribution in [0.15, 0.2) is 24.3 Å². The first-order valence-electron chi connectivity index (χ1n) is 7.01. The second-order valence-electron chi connectivity index (χ2n) is 5.79. The molecule has 2 heterocycles. The van der Waals surface area contributed by atoms with Crippen molar-refractivity contribution in [1.29, 1.82) is 0 Å². The zero-order valence-corrected chi connectivity index (χ0v) is 11.6. The summed E-state index contributed by atoms with van der Waals surface area (Å²) in [5, 5.41) is 1.26. The van der Waals surface area contributed by atoms with Gasteiger partial charge in [0.1, 0.15) is 0 Å². The molecule has 100 valence electrons. The lowest BCUT2D eigenvalue weighted by Crippen LogP contribution is -2.36. The lowest BCUT2D eigenvalue weighted by Gasteiger charge is -2.28. The number of hydrogen-bond acceptors (Lipinski definition) is 1. The highest BCUT2D eigenvalue weighted by molar-refractivity contribution is 5.86. The van der Waals surface area contributed by atoms with Gasteiger partial charge in [-0.1, -0.05) is 32.0 Å². The normalized spacial score (nSPS) is 15.0. The fourth-order valence-electron chi connectivity index (χ4n) is 2.86. The van der Waals surface area contributed by atoms with Gasteiger partial charge in [0, 0.05) is 48.1 Å². The molecule has 0 aliphatic carbocycles. The Morgan fingerprint density at radius 1 is 1.37 bits per heavy atom. The first-order valence-corrected chi connectivity index (χ1v) is 7.01. The smallest absolute Gasteiger partial charge is 0.223 e. The number of carbonyl (C=O) groups is 1. The first-order chi connectivity index (χ1) is 9.15. The van der Waals surface area contributed by atoms with Crippen LogP contribution in [0.3, 0.4) is 0 Å². The summed E-state index contributed by atoms with van der Waals surface area (Å²) >= 11 is 0. The van der Waals surface area contributed by atoms with E-state index in [0.29, 0.717) is 12.3 Å². The summed E-state index contributed by atoms with van der Waals surface area (Å²) in [6, 6.07) is 8.35. The Morgan fingerprint density at radius 3 is 2.95 bits per heavy atom. The van der Waals surface area contributed by atoms with E-state index >= 15 is 0 Å². The molecule has 1 amide bonds. The van der Waals surface area contributed by atoms with Crippen LogP contribution >= 0.6 is 0 Å². The Hall–Kier alpha value is -1.77. The quantitative estimate of drug-likeness (QED) is 0.880. The Morgan fingerprint density at radius 2 is 2.16 bits per heavy atom. The fourth-order valence-corrected chi connectivity index (χ4v) is 2.86. The topological polar surface area (TPSA) is 36.1 Å². The lowest BCUT2D eigenvalue weighted by molar-refractivity contribution is -0.132. The summed E-state index contributed by atoms with van der Waals surface area (Å²) < 4.78 is 0. The molecule has 0 radical (unpaired) electrons. The van der Waals surface area contributed by atoms with E-state index in [1.807, 2.05) is 11.0 Å². The van der Waals surface area contributed by atoms with Gasteiger partial charge in [0.15, 0.2) is 0 Å². The third-order valence-corrected chi connectivity index (χ3v) is 3.82. The van der Waals surface area contributed by atoms with Crippen LogP contribution in [-0.4, -0.2) is 22.3 Å². The second-order valence-corrected chi connectivity index (χ2v) is 5.79. The molecule has 1 aliphatic rings. The van der Waals surface area contributed by atoms with Gasteiger partial charge in [0.2, 0.25) is 5.91 Å². The monoisotopic (exact) mass is 256 g/mol. The third-order valence-electron chi connectivity index (χ3n) is 3.82. The average Bonchev–Trinajstić information content (AvgIpc) is 2.75. The van der Waals surface area contributed by atoms with E-state index in [2.05, 4.69) is 37.0 Å². The maximum Gasteiger partial charge on any atom is 0.223 e. The Balaban J connectivity index is 1.88. The van der Waals surface area contributed by atoms with Crippen LogP contribution in [0, 0.1) is 5.92 Å². The number of aromatic nitrogens is 1. The van der Waals surface area contributed by atoms with Crippen LogP contribution in [0.5, 0.6) is 0 Å². The second kappa shape index (κ2) is 4.72. The van der Waals surface area contributed by atoms with Crippen molar-refractivity contribution in [2.45, 2.75) is 33.2 Å². The van der Waals surface area contributed by atoms with Crippen molar-refractivity contribution in [3.8, 4) is 0 Å². The van der Waals surface area contributed by atoms with E-state index in [-0.39, 0.29) is 5.91 Å². The highest BCUT2D eigenvalue weighted by Gasteiger charge is 2.23. The first kappa shape index (κ1) is 12.3. The number of H-pyrrole nitrogens is 1. The van der Waals surface area contributed by atoms with Gasteiger partial charge in [-0.05, 0) is 12.0 Å². The number of hydrogen-bond donors (Lipinski definition) is 1. The highest BCUT2D eigenvalue weighted by Crippen LogP contribution is 2.27. The van der Waals surface area contributed by atoms with Crippen molar-refractivity contribution >= 4 is 16.8 Å². The van der Waals surface area contributed by atoms with E-state index in [9.17, 15) is 4.79 Å². The van der Waals surface area contributed by atoms with Gasteiger partial charge in [-0.25, -0.2) is 0 Å². The van der Waals surface area contributed by atoms with Crippen molar-refractivity contribution in [3.05, 3.63) is 35.5 Å². The van der Waals surface area contributed by atoms with Gasteiger partial charge in [0.05, 0.1) is 0 Å². The van der Waals surface area contributed by atoms with Gasteiger partial charge in [-0.15, -0.1) is 0 Å². The molecule has 0 unspecified atom stereocenters. The molecule has 3 nitrogen and oxygen atoms in total. The number of amides is 1. The maximum atomic E-state index is 12.2. The van der Waals surface area contributed by atoms with Crippen LogP contribution in [-0.2, 0) is 17.8 Å². The SMILES string of the molecule is CC(C)CC(=O)N1CCc2[nH]c3ccccc3c2C1. The molecule has 1 aliphatic heterocycles. The molecule has 0 saturated carbocycles. The number of para-hydroxylation sites is 1. The predicted molar refractivity (Wildman–Crippen MR) is 76.9 cm³/mol. The standard InChI is InChI=1S/C16H20N2O/c1-11(2)9-16(19)18-8-7-15-13(10-18)12-5-3-4-6-14(12)17-15/h3-6,11,17H,7-10H2,1-2H3. The maximum absolute atomic E-state index is 12.2. The average molecular weight is 256 g/mol. The Labute approximate surface area is 113 Å². The minimum Gasteiger partial charge on any atom is -0.358 e. The van der Waals surface area contributed by atoms with E-state index in [4.69, 9.17) is 0 Å². The minimum atomic E-state index is 0.283. The minimum absolute atomic E-state index is 0.283. The predicted octanol–water partition coefficient (Wildman–Crippen LogP) is 3.10. The fraction of sp³-hybridized carbons (Fsp3) is 0.438. The van der Waals surface area contributed by atoms with Gasteiger partial charge in [0.25, 0.3) is 0 Å². The van der Waals surface area contributed by atoms with Crippen LogP contribution in [0.1, 0.15) is 31.5 Å². The van der Waals surface area contributed by atoms with E-state index < -0.39 is 0 Å². The number of nitrogens with one attached hydrogen (secondary N) is 1. The zero-order chi connectivity index (χ0) is 13.4. The van der Waals surface area contributed by atoms with Gasteiger partial charge in [-0.2, -0.15) is 0 Å². The summed E-state index contributed by atoms with van der Waals surface area (Å²) in [6.45, 7) is 5.79. The Bertz CT molecular complexity index is 612. The number of rotatable bonds is 2. The summed E-state index contributed by atoms with van der Waals surface area (Å²) in [6.07, 6.45) is 1.59. The van der Waals surface area contributed by atoms with Gasteiger partial charge >= 0.3 is 0 Å². The van der Waals surface area contributed by atoms with Crippen LogP contribution in [0.4, 0.5) is 0 Å². The molecule has 0 saturated heterocycles. The summed E-state index contributed by atoms with van der Waals surface area (Å²) in [4.78, 5) is 17.7. The number of benzene rings is 1. The molecule has 0 fully saturated rings. The largest absolute Gasteiger partial charge is 0.358 e. The summed E-state index contributed by atoms with van der Waals surface area (Å²) in [5.41, 5.74) is 3.79. The molecule has 1 N–H and O–H groups in total. The Kier molecular flexibility index (Phi) is 3.05. The molecule has 1 aromatic carbocycles. The van der Waals surface area contributed by atoms with E-state index in [1.165, 1.54) is 22.2 Å². The number of aromatic amines is 1. The van der Waals surface area contributed by atoms with E-state index in [1.54, 1.807) is 0 Å². The van der Waals surface area contributed by atoms with Crippen LogP contribution in [0.25, 0.3) is 10.9 Å². The van der Waals surface area contributed by atoms with Crippen molar-refractivity contribution in [2.24, 2.45) is 5.92 Å². The molecule has 0 spiro atoms. The molecule has 1 aromatic heterocycles. The molecule has 2 aromatic rings. The highest BCUT2D eigenvalue weighted by atomic mass is 16.2. The molecule has 0 bridgehead atoms. The molecule has 3 heteroatoms.